The van der Waals surface area contributed by atoms with Gasteiger partial charge in [0.25, 0.3) is 0 Å². The predicted molar refractivity (Wildman–Crippen MR) is 101 cm³/mol. The van der Waals surface area contributed by atoms with Gasteiger partial charge in [-0.05, 0) is 48.6 Å². The molecule has 1 saturated heterocycles. The van der Waals surface area contributed by atoms with Gasteiger partial charge in [0, 0.05) is 29.6 Å². The highest BCUT2D eigenvalue weighted by Crippen LogP contribution is 2.33. The third kappa shape index (κ3) is 3.46. The first kappa shape index (κ1) is 17.1. The molecule has 0 bridgehead atoms. The Morgan fingerprint density at radius 3 is 2.65 bits per heavy atom. The van der Waals surface area contributed by atoms with Crippen LogP contribution in [0, 0.1) is 5.92 Å². The normalized spacial score (nSPS) is 19.7. The standard InChI is InChI=1S/C20H22N2O3S/c1-25-17-8-6-15(7-9-17)21-12-14(11-19(21)23)20(24)22(16-4-5-16)13-18-3-2-10-26-18/h2-3,6-10,14,16H,4-5,11-13H2,1H3. The number of hydrogen-bond acceptors (Lipinski definition) is 4. The Hall–Kier alpha value is -2.34. The highest BCUT2D eigenvalue weighted by atomic mass is 32.1. The number of thiophene rings is 1. The van der Waals surface area contributed by atoms with E-state index in [1.165, 1.54) is 4.88 Å². The minimum absolute atomic E-state index is 0.0142. The Kier molecular flexibility index (Phi) is 4.68. The molecule has 26 heavy (non-hydrogen) atoms. The lowest BCUT2D eigenvalue weighted by atomic mass is 10.1. The largest absolute Gasteiger partial charge is 0.497 e. The van der Waals surface area contributed by atoms with E-state index in [1.54, 1.807) is 23.3 Å². The van der Waals surface area contributed by atoms with Crippen molar-refractivity contribution in [3.63, 3.8) is 0 Å². The SMILES string of the molecule is COc1ccc(N2CC(C(=O)N(Cc3cccs3)C3CC3)CC2=O)cc1. The zero-order valence-corrected chi connectivity index (χ0v) is 15.6. The first-order valence-electron chi connectivity index (χ1n) is 8.93. The fraction of sp³-hybridized carbons (Fsp3) is 0.400. The smallest absolute Gasteiger partial charge is 0.228 e. The van der Waals surface area contributed by atoms with Gasteiger partial charge in [0.05, 0.1) is 19.6 Å². The molecule has 1 aromatic heterocycles. The summed E-state index contributed by atoms with van der Waals surface area (Å²) in [6.07, 6.45) is 2.43. The Labute approximate surface area is 157 Å². The second-order valence-corrected chi connectivity index (χ2v) is 7.91. The molecule has 4 rings (SSSR count). The topological polar surface area (TPSA) is 49.9 Å². The minimum atomic E-state index is -0.259. The number of benzene rings is 1. The van der Waals surface area contributed by atoms with E-state index < -0.39 is 0 Å². The fourth-order valence-corrected chi connectivity index (χ4v) is 4.17. The number of carbonyl (C=O) groups is 2. The number of hydrogen-bond donors (Lipinski definition) is 0. The molecular weight excluding hydrogens is 348 g/mol. The molecule has 1 aromatic carbocycles. The maximum Gasteiger partial charge on any atom is 0.228 e. The second kappa shape index (κ2) is 7.11. The van der Waals surface area contributed by atoms with Crippen molar-refractivity contribution in [2.45, 2.75) is 31.8 Å². The van der Waals surface area contributed by atoms with Gasteiger partial charge in [0.15, 0.2) is 0 Å². The molecule has 2 fully saturated rings. The van der Waals surface area contributed by atoms with Crippen LogP contribution in [0.1, 0.15) is 24.1 Å². The summed E-state index contributed by atoms with van der Waals surface area (Å²) in [6.45, 7) is 1.12. The average molecular weight is 370 g/mol. The van der Waals surface area contributed by atoms with Crippen molar-refractivity contribution in [1.82, 2.24) is 4.90 Å². The van der Waals surface area contributed by atoms with E-state index >= 15 is 0 Å². The molecule has 0 spiro atoms. The van der Waals surface area contributed by atoms with Gasteiger partial charge in [-0.2, -0.15) is 0 Å². The molecule has 5 nitrogen and oxygen atoms in total. The van der Waals surface area contributed by atoms with Crippen molar-refractivity contribution in [2.24, 2.45) is 5.92 Å². The van der Waals surface area contributed by atoms with Gasteiger partial charge in [-0.25, -0.2) is 0 Å². The van der Waals surface area contributed by atoms with E-state index in [1.807, 2.05) is 40.6 Å². The Morgan fingerprint density at radius 2 is 2.04 bits per heavy atom. The third-order valence-electron chi connectivity index (χ3n) is 5.04. The summed E-state index contributed by atoms with van der Waals surface area (Å²) in [4.78, 5) is 30.5. The quantitative estimate of drug-likeness (QED) is 0.784. The summed E-state index contributed by atoms with van der Waals surface area (Å²) in [6, 6.07) is 11.8. The molecule has 0 N–H and O–H groups in total. The molecule has 6 heteroatoms. The van der Waals surface area contributed by atoms with Crippen molar-refractivity contribution in [2.75, 3.05) is 18.6 Å². The van der Waals surface area contributed by atoms with Gasteiger partial charge in [-0.3, -0.25) is 9.59 Å². The van der Waals surface area contributed by atoms with Gasteiger partial charge in [-0.15, -0.1) is 11.3 Å². The average Bonchev–Trinajstić information content (AvgIpc) is 3.23. The number of amides is 2. The number of rotatable bonds is 6. The van der Waals surface area contributed by atoms with Crippen molar-refractivity contribution in [1.29, 1.82) is 0 Å². The molecule has 0 radical (unpaired) electrons. The number of anilines is 1. The molecule has 1 aliphatic heterocycles. The fourth-order valence-electron chi connectivity index (χ4n) is 3.46. The highest BCUT2D eigenvalue weighted by molar-refractivity contribution is 7.09. The molecule has 1 saturated carbocycles. The van der Waals surface area contributed by atoms with Crippen LogP contribution < -0.4 is 9.64 Å². The molecule has 2 heterocycles. The number of ether oxygens (including phenoxy) is 1. The summed E-state index contributed by atoms with van der Waals surface area (Å²) in [5.41, 5.74) is 0.822. The first-order chi connectivity index (χ1) is 12.7. The summed E-state index contributed by atoms with van der Waals surface area (Å²) in [5, 5.41) is 2.04. The zero-order chi connectivity index (χ0) is 18.1. The summed E-state index contributed by atoms with van der Waals surface area (Å²) >= 11 is 1.67. The van der Waals surface area contributed by atoms with Crippen molar-refractivity contribution >= 4 is 28.8 Å². The van der Waals surface area contributed by atoms with Crippen LogP contribution in [0.4, 0.5) is 5.69 Å². The van der Waals surface area contributed by atoms with E-state index in [4.69, 9.17) is 4.74 Å². The molecular formula is C20H22N2O3S. The van der Waals surface area contributed by atoms with Gasteiger partial charge >= 0.3 is 0 Å². The summed E-state index contributed by atoms with van der Waals surface area (Å²) in [7, 11) is 1.62. The Morgan fingerprint density at radius 1 is 1.27 bits per heavy atom. The number of carbonyl (C=O) groups excluding carboxylic acids is 2. The first-order valence-corrected chi connectivity index (χ1v) is 9.81. The monoisotopic (exact) mass is 370 g/mol. The zero-order valence-electron chi connectivity index (χ0n) is 14.8. The number of methoxy groups -OCH3 is 1. The maximum absolute atomic E-state index is 13.1. The summed E-state index contributed by atoms with van der Waals surface area (Å²) < 4.78 is 5.17. The van der Waals surface area contributed by atoms with Gasteiger partial charge in [0.2, 0.25) is 11.8 Å². The van der Waals surface area contributed by atoms with Crippen LogP contribution >= 0.6 is 11.3 Å². The minimum Gasteiger partial charge on any atom is -0.497 e. The Bertz CT molecular complexity index is 784. The molecule has 2 amide bonds. The van der Waals surface area contributed by atoms with Gasteiger partial charge in [-0.1, -0.05) is 6.07 Å². The van der Waals surface area contributed by atoms with E-state index in [-0.39, 0.29) is 17.7 Å². The van der Waals surface area contributed by atoms with Crippen LogP contribution in [0.5, 0.6) is 5.75 Å². The lowest BCUT2D eigenvalue weighted by Crippen LogP contribution is -2.38. The lowest BCUT2D eigenvalue weighted by Gasteiger charge is -2.25. The van der Waals surface area contributed by atoms with Crippen molar-refractivity contribution in [3.8, 4) is 5.75 Å². The molecule has 136 valence electrons. The van der Waals surface area contributed by atoms with Crippen LogP contribution in [-0.4, -0.2) is 36.4 Å². The van der Waals surface area contributed by atoms with Gasteiger partial charge < -0.3 is 14.5 Å². The maximum atomic E-state index is 13.1. The second-order valence-electron chi connectivity index (χ2n) is 6.88. The van der Waals surface area contributed by atoms with Crippen LogP contribution in [0.25, 0.3) is 0 Å². The van der Waals surface area contributed by atoms with Crippen molar-refractivity contribution < 1.29 is 14.3 Å². The van der Waals surface area contributed by atoms with Crippen LogP contribution in [0.2, 0.25) is 0 Å². The van der Waals surface area contributed by atoms with E-state index in [0.29, 0.717) is 25.6 Å². The summed E-state index contributed by atoms with van der Waals surface area (Å²) in [5.74, 6) is 0.625. The van der Waals surface area contributed by atoms with E-state index in [9.17, 15) is 9.59 Å². The Balaban J connectivity index is 1.47. The van der Waals surface area contributed by atoms with Gasteiger partial charge in [0.1, 0.15) is 5.75 Å². The number of nitrogens with zero attached hydrogens (tertiary/aromatic N) is 2. The third-order valence-corrected chi connectivity index (χ3v) is 5.90. The van der Waals surface area contributed by atoms with E-state index in [2.05, 4.69) is 6.07 Å². The predicted octanol–water partition coefficient (Wildman–Crippen LogP) is 3.30. The molecule has 2 aromatic rings. The molecule has 1 atom stereocenters. The van der Waals surface area contributed by atoms with Crippen LogP contribution in [-0.2, 0) is 16.1 Å². The van der Waals surface area contributed by atoms with Crippen LogP contribution in [0.15, 0.2) is 41.8 Å². The highest BCUT2D eigenvalue weighted by Gasteiger charge is 2.41. The molecule has 2 aliphatic rings. The van der Waals surface area contributed by atoms with E-state index in [0.717, 1.165) is 24.3 Å². The molecule has 1 aliphatic carbocycles. The van der Waals surface area contributed by atoms with Crippen molar-refractivity contribution in [3.05, 3.63) is 46.7 Å². The van der Waals surface area contributed by atoms with Crippen LogP contribution in [0.3, 0.4) is 0 Å². The lowest BCUT2D eigenvalue weighted by molar-refractivity contribution is -0.137. The molecule has 1 unspecified atom stereocenters.